The normalized spacial score (nSPS) is 18.3. The molecule has 0 spiro atoms. The van der Waals surface area contributed by atoms with Crippen LogP contribution in [0.1, 0.15) is 70.9 Å². The SMILES string of the molecule is Cc1ccc(CCCCc2ccc(C3C=CC(c4ccc(C)cc4)CC3)c(F)c2)cc1. The topological polar surface area (TPSA) is 0 Å². The standard InChI is InChI=1S/C30H33F/c1-22-7-11-24(12-8-22)5-3-4-6-25-13-20-29(30(31)21-25)28-18-16-27(17-19-28)26-14-9-23(2)10-15-26/h7-16,18,20-21,27-28H,3-6,17,19H2,1-2H3. The smallest absolute Gasteiger partial charge is 0.127 e. The fraction of sp³-hybridized carbons (Fsp3) is 0.333. The van der Waals surface area contributed by atoms with Crippen LogP contribution in [0.4, 0.5) is 4.39 Å². The van der Waals surface area contributed by atoms with Crippen LogP contribution in [0.2, 0.25) is 0 Å². The summed E-state index contributed by atoms with van der Waals surface area (Å²) in [6.45, 7) is 4.24. The second-order valence-electron chi connectivity index (χ2n) is 9.13. The van der Waals surface area contributed by atoms with Crippen molar-refractivity contribution in [3.8, 4) is 0 Å². The van der Waals surface area contributed by atoms with Gasteiger partial charge in [0.05, 0.1) is 0 Å². The number of aryl methyl sites for hydroxylation is 4. The van der Waals surface area contributed by atoms with Crippen molar-refractivity contribution in [1.29, 1.82) is 0 Å². The molecule has 0 radical (unpaired) electrons. The highest BCUT2D eigenvalue weighted by atomic mass is 19.1. The largest absolute Gasteiger partial charge is 0.207 e. The Morgan fingerprint density at radius 2 is 1.23 bits per heavy atom. The van der Waals surface area contributed by atoms with Gasteiger partial charge in [-0.3, -0.25) is 0 Å². The van der Waals surface area contributed by atoms with Gasteiger partial charge in [0.25, 0.3) is 0 Å². The highest BCUT2D eigenvalue weighted by molar-refractivity contribution is 5.34. The molecule has 0 aromatic heterocycles. The minimum absolute atomic E-state index is 0.0422. The maximum atomic E-state index is 14.9. The summed E-state index contributed by atoms with van der Waals surface area (Å²) in [6, 6.07) is 23.5. The number of unbranched alkanes of at least 4 members (excludes halogenated alkanes) is 1. The molecule has 0 nitrogen and oxygen atoms in total. The first-order chi connectivity index (χ1) is 15.1. The molecule has 3 aromatic rings. The Morgan fingerprint density at radius 1 is 0.677 bits per heavy atom. The van der Waals surface area contributed by atoms with E-state index in [-0.39, 0.29) is 11.7 Å². The van der Waals surface area contributed by atoms with Crippen molar-refractivity contribution >= 4 is 0 Å². The average molecular weight is 413 g/mol. The molecule has 0 fully saturated rings. The van der Waals surface area contributed by atoms with Gasteiger partial charge in [0, 0.05) is 11.8 Å². The van der Waals surface area contributed by atoms with E-state index in [4.69, 9.17) is 0 Å². The number of hydrogen-bond acceptors (Lipinski definition) is 0. The van der Waals surface area contributed by atoms with Crippen LogP contribution < -0.4 is 0 Å². The van der Waals surface area contributed by atoms with Crippen LogP contribution in [0, 0.1) is 19.7 Å². The summed E-state index contributed by atoms with van der Waals surface area (Å²) in [7, 11) is 0. The van der Waals surface area contributed by atoms with Gasteiger partial charge >= 0.3 is 0 Å². The highest BCUT2D eigenvalue weighted by Gasteiger charge is 2.20. The number of allylic oxidation sites excluding steroid dienone is 2. The Hall–Kier alpha value is -2.67. The molecule has 0 bridgehead atoms. The zero-order valence-electron chi connectivity index (χ0n) is 18.8. The molecular weight excluding hydrogens is 379 g/mol. The molecule has 1 aliphatic carbocycles. The van der Waals surface area contributed by atoms with E-state index in [1.54, 1.807) is 6.07 Å². The average Bonchev–Trinajstić information content (AvgIpc) is 2.79. The van der Waals surface area contributed by atoms with Crippen molar-refractivity contribution in [3.63, 3.8) is 0 Å². The second-order valence-corrected chi connectivity index (χ2v) is 9.13. The minimum atomic E-state index is -0.0422. The third-order valence-corrected chi connectivity index (χ3v) is 6.64. The van der Waals surface area contributed by atoms with E-state index < -0.39 is 0 Å². The lowest BCUT2D eigenvalue weighted by Gasteiger charge is -2.24. The highest BCUT2D eigenvalue weighted by Crippen LogP contribution is 2.36. The van der Waals surface area contributed by atoms with Gasteiger partial charge in [-0.1, -0.05) is 83.9 Å². The van der Waals surface area contributed by atoms with Crippen LogP contribution >= 0.6 is 0 Å². The summed E-state index contributed by atoms with van der Waals surface area (Å²) in [6.07, 6.45) is 10.8. The molecule has 0 amide bonds. The van der Waals surface area contributed by atoms with E-state index in [1.807, 2.05) is 6.07 Å². The summed E-state index contributed by atoms with van der Waals surface area (Å²) in [5.74, 6) is 0.601. The van der Waals surface area contributed by atoms with Crippen LogP contribution in [0.25, 0.3) is 0 Å². The third kappa shape index (κ3) is 5.73. The molecule has 0 saturated carbocycles. The van der Waals surface area contributed by atoms with E-state index in [9.17, 15) is 4.39 Å². The molecular formula is C30H33F. The van der Waals surface area contributed by atoms with Gasteiger partial charge in [-0.2, -0.15) is 0 Å². The molecule has 4 rings (SSSR count). The number of benzene rings is 3. The predicted octanol–water partition coefficient (Wildman–Crippen LogP) is 8.23. The predicted molar refractivity (Wildman–Crippen MR) is 129 cm³/mol. The second kappa shape index (κ2) is 10.1. The molecule has 31 heavy (non-hydrogen) atoms. The lowest BCUT2D eigenvalue weighted by Crippen LogP contribution is -2.08. The van der Waals surface area contributed by atoms with Crippen molar-refractivity contribution in [2.45, 2.75) is 64.2 Å². The first-order valence-electron chi connectivity index (χ1n) is 11.7. The molecule has 0 aliphatic heterocycles. The molecule has 0 N–H and O–H groups in total. The van der Waals surface area contributed by atoms with Gasteiger partial charge in [0.2, 0.25) is 0 Å². The third-order valence-electron chi connectivity index (χ3n) is 6.64. The van der Waals surface area contributed by atoms with Crippen molar-refractivity contribution in [3.05, 3.63) is 118 Å². The van der Waals surface area contributed by atoms with Gasteiger partial charge in [0.15, 0.2) is 0 Å². The van der Waals surface area contributed by atoms with Crippen molar-refractivity contribution in [1.82, 2.24) is 0 Å². The minimum Gasteiger partial charge on any atom is -0.207 e. The molecule has 160 valence electrons. The number of halogens is 1. The summed E-state index contributed by atoms with van der Waals surface area (Å²) < 4.78 is 14.9. The summed E-state index contributed by atoms with van der Waals surface area (Å²) in [5.41, 5.74) is 7.31. The number of rotatable bonds is 7. The maximum Gasteiger partial charge on any atom is 0.127 e. The van der Waals surface area contributed by atoms with Crippen molar-refractivity contribution in [2.75, 3.05) is 0 Å². The van der Waals surface area contributed by atoms with Gasteiger partial charge < -0.3 is 0 Å². The number of hydrogen-bond donors (Lipinski definition) is 0. The zero-order valence-corrected chi connectivity index (χ0v) is 18.8. The van der Waals surface area contributed by atoms with Crippen LogP contribution in [-0.2, 0) is 12.8 Å². The lowest BCUT2D eigenvalue weighted by atomic mass is 9.81. The van der Waals surface area contributed by atoms with E-state index in [1.165, 1.54) is 22.3 Å². The van der Waals surface area contributed by atoms with Gasteiger partial charge in [0.1, 0.15) is 5.82 Å². The van der Waals surface area contributed by atoms with E-state index in [2.05, 4.69) is 80.6 Å². The Labute approximate surface area is 186 Å². The quantitative estimate of drug-likeness (QED) is 0.271. The van der Waals surface area contributed by atoms with E-state index in [0.717, 1.165) is 49.7 Å². The maximum absolute atomic E-state index is 14.9. The van der Waals surface area contributed by atoms with Crippen LogP contribution in [0.15, 0.2) is 78.9 Å². The van der Waals surface area contributed by atoms with E-state index in [0.29, 0.717) is 5.92 Å². The van der Waals surface area contributed by atoms with Gasteiger partial charge in [-0.05, 0) is 80.7 Å². The fourth-order valence-electron chi connectivity index (χ4n) is 4.61. The monoisotopic (exact) mass is 412 g/mol. The van der Waals surface area contributed by atoms with Gasteiger partial charge in [-0.15, -0.1) is 0 Å². The Kier molecular flexibility index (Phi) is 7.02. The zero-order chi connectivity index (χ0) is 21.6. The molecule has 1 aliphatic rings. The molecule has 0 saturated heterocycles. The Balaban J connectivity index is 1.30. The molecule has 3 aromatic carbocycles. The Bertz CT molecular complexity index is 1010. The van der Waals surface area contributed by atoms with Crippen molar-refractivity contribution in [2.24, 2.45) is 0 Å². The van der Waals surface area contributed by atoms with Crippen LogP contribution in [0.3, 0.4) is 0 Å². The summed E-state index contributed by atoms with van der Waals surface area (Å²) in [5, 5.41) is 0. The lowest BCUT2D eigenvalue weighted by molar-refractivity contribution is 0.554. The van der Waals surface area contributed by atoms with E-state index >= 15 is 0 Å². The van der Waals surface area contributed by atoms with Gasteiger partial charge in [-0.25, -0.2) is 4.39 Å². The molecule has 1 heteroatoms. The molecule has 2 atom stereocenters. The van der Waals surface area contributed by atoms with Crippen molar-refractivity contribution < 1.29 is 4.39 Å². The Morgan fingerprint density at radius 3 is 1.84 bits per heavy atom. The molecule has 2 unspecified atom stereocenters. The fourth-order valence-corrected chi connectivity index (χ4v) is 4.61. The summed E-state index contributed by atoms with van der Waals surface area (Å²) in [4.78, 5) is 0. The van der Waals surface area contributed by atoms with Crippen LogP contribution in [0.5, 0.6) is 0 Å². The van der Waals surface area contributed by atoms with Crippen LogP contribution in [-0.4, -0.2) is 0 Å². The molecule has 0 heterocycles. The summed E-state index contributed by atoms with van der Waals surface area (Å²) >= 11 is 0. The first-order valence-corrected chi connectivity index (χ1v) is 11.7. The first kappa shape index (κ1) is 21.6.